The van der Waals surface area contributed by atoms with Crippen LogP contribution in [0.3, 0.4) is 0 Å². The van der Waals surface area contributed by atoms with Crippen LogP contribution in [0.1, 0.15) is 5.56 Å². The average molecular weight is 369 g/mol. The van der Waals surface area contributed by atoms with Gasteiger partial charge in [-0.05, 0) is 24.4 Å². The van der Waals surface area contributed by atoms with E-state index in [1.54, 1.807) is 12.1 Å². The smallest absolute Gasteiger partial charge is 0.203 e. The third kappa shape index (κ3) is 4.15. The van der Waals surface area contributed by atoms with Crippen molar-refractivity contribution in [2.24, 2.45) is 0 Å². The molecule has 0 spiro atoms. The van der Waals surface area contributed by atoms with Crippen LogP contribution in [0.5, 0.6) is 0 Å². The number of halogens is 1. The zero-order chi connectivity index (χ0) is 18.5. The van der Waals surface area contributed by atoms with Crippen molar-refractivity contribution in [3.8, 4) is 11.4 Å². The van der Waals surface area contributed by atoms with E-state index in [9.17, 15) is 4.39 Å². The number of aromatic nitrogens is 3. The van der Waals surface area contributed by atoms with Crippen LogP contribution in [0, 0.1) is 10.6 Å². The van der Waals surface area contributed by atoms with E-state index in [-0.39, 0.29) is 5.82 Å². The van der Waals surface area contributed by atoms with Gasteiger partial charge < -0.3 is 4.90 Å². The van der Waals surface area contributed by atoms with Crippen LogP contribution in [0.15, 0.2) is 67.3 Å². The molecule has 0 bridgehead atoms. The van der Waals surface area contributed by atoms with Gasteiger partial charge in [-0.1, -0.05) is 48.5 Å². The van der Waals surface area contributed by atoms with E-state index in [0.717, 1.165) is 21.9 Å². The molecule has 0 aliphatic rings. The minimum atomic E-state index is -0.214. The normalized spacial score (nSPS) is 12.1. The van der Waals surface area contributed by atoms with E-state index in [0.29, 0.717) is 24.5 Å². The Balaban J connectivity index is 1.86. The molecule has 3 aromatic rings. The summed E-state index contributed by atoms with van der Waals surface area (Å²) in [6.07, 6.45) is 1.82. The first kappa shape index (κ1) is 18.2. The maximum atomic E-state index is 13.4. The number of benzene rings is 2. The average Bonchev–Trinajstić information content (AvgIpc) is 2.92. The first-order valence-electron chi connectivity index (χ1n) is 8.48. The summed E-state index contributed by atoms with van der Waals surface area (Å²) in [5, 5.41) is 4.73. The summed E-state index contributed by atoms with van der Waals surface area (Å²) < 4.78 is 17.8. The number of rotatable bonds is 7. The Morgan fingerprint density at radius 2 is 1.96 bits per heavy atom. The molecule has 3 rings (SSSR count). The Kier molecular flexibility index (Phi) is 5.75. The maximum absolute atomic E-state index is 13.4. The lowest BCUT2D eigenvalue weighted by Crippen LogP contribution is -3.07. The molecule has 0 aliphatic heterocycles. The topological polar surface area (TPSA) is 27.2 Å². The van der Waals surface area contributed by atoms with Crippen LogP contribution in [-0.2, 0) is 19.8 Å². The zero-order valence-electron chi connectivity index (χ0n) is 14.7. The number of nitrogens with zero attached hydrogens (tertiary/aromatic N) is 3. The molecule has 26 heavy (non-hydrogen) atoms. The van der Waals surface area contributed by atoms with Crippen molar-refractivity contribution in [2.45, 2.75) is 19.8 Å². The molecule has 1 N–H and O–H groups in total. The highest BCUT2D eigenvalue weighted by atomic mass is 32.1. The van der Waals surface area contributed by atoms with Crippen LogP contribution in [0.2, 0.25) is 0 Å². The Morgan fingerprint density at radius 1 is 1.19 bits per heavy atom. The SMILES string of the molecule is C=CCn1c(-c2ccccc2)nn(C[NH+](C)Cc2cccc(F)c2)c1=S. The second-order valence-corrected chi connectivity index (χ2v) is 6.66. The van der Waals surface area contributed by atoms with Gasteiger partial charge in [-0.2, -0.15) is 4.68 Å². The summed E-state index contributed by atoms with van der Waals surface area (Å²) in [6, 6.07) is 16.7. The zero-order valence-corrected chi connectivity index (χ0v) is 15.5. The molecule has 0 radical (unpaired) electrons. The molecule has 1 heterocycles. The molecule has 1 atom stereocenters. The maximum Gasteiger partial charge on any atom is 0.203 e. The molecular formula is C20H22FN4S+. The summed E-state index contributed by atoms with van der Waals surface area (Å²) in [5.74, 6) is 0.614. The molecule has 0 fully saturated rings. The van der Waals surface area contributed by atoms with E-state index >= 15 is 0 Å². The third-order valence-electron chi connectivity index (χ3n) is 4.08. The molecule has 134 valence electrons. The van der Waals surface area contributed by atoms with Crippen molar-refractivity contribution in [2.75, 3.05) is 7.05 Å². The van der Waals surface area contributed by atoms with Crippen molar-refractivity contribution >= 4 is 12.2 Å². The van der Waals surface area contributed by atoms with Crippen molar-refractivity contribution in [3.05, 3.63) is 83.4 Å². The van der Waals surface area contributed by atoms with E-state index in [1.807, 2.05) is 58.8 Å². The fourth-order valence-corrected chi connectivity index (χ4v) is 3.21. The monoisotopic (exact) mass is 369 g/mol. The number of nitrogens with one attached hydrogen (secondary N) is 1. The summed E-state index contributed by atoms with van der Waals surface area (Å²) in [6.45, 7) is 5.71. The fraction of sp³-hybridized carbons (Fsp3) is 0.200. The molecular weight excluding hydrogens is 347 g/mol. The summed E-state index contributed by atoms with van der Waals surface area (Å²) in [5.41, 5.74) is 1.96. The molecule has 0 saturated heterocycles. The predicted molar refractivity (Wildman–Crippen MR) is 104 cm³/mol. The van der Waals surface area contributed by atoms with Gasteiger partial charge in [0, 0.05) is 17.7 Å². The van der Waals surface area contributed by atoms with E-state index in [2.05, 4.69) is 6.58 Å². The summed E-state index contributed by atoms with van der Waals surface area (Å²) in [4.78, 5) is 1.16. The summed E-state index contributed by atoms with van der Waals surface area (Å²) >= 11 is 5.62. The molecule has 1 aromatic heterocycles. The highest BCUT2D eigenvalue weighted by molar-refractivity contribution is 7.71. The largest absolute Gasteiger partial charge is 0.315 e. The fourth-order valence-electron chi connectivity index (χ4n) is 2.95. The number of hydrogen-bond donors (Lipinski definition) is 1. The number of quaternary nitrogens is 1. The third-order valence-corrected chi connectivity index (χ3v) is 4.51. The van der Waals surface area contributed by atoms with Gasteiger partial charge >= 0.3 is 0 Å². The van der Waals surface area contributed by atoms with Gasteiger partial charge in [0.05, 0.1) is 7.05 Å². The van der Waals surface area contributed by atoms with E-state index < -0.39 is 0 Å². The van der Waals surface area contributed by atoms with Gasteiger partial charge in [0.1, 0.15) is 12.4 Å². The minimum absolute atomic E-state index is 0.214. The van der Waals surface area contributed by atoms with Crippen LogP contribution in [0.25, 0.3) is 11.4 Å². The van der Waals surface area contributed by atoms with Gasteiger partial charge in [-0.25, -0.2) is 4.39 Å². The van der Waals surface area contributed by atoms with Crippen molar-refractivity contribution < 1.29 is 9.29 Å². The number of hydrogen-bond acceptors (Lipinski definition) is 2. The van der Waals surface area contributed by atoms with Crippen molar-refractivity contribution in [1.82, 2.24) is 14.3 Å². The van der Waals surface area contributed by atoms with Gasteiger partial charge in [0.2, 0.25) is 4.77 Å². The lowest BCUT2D eigenvalue weighted by molar-refractivity contribution is -0.917. The first-order valence-corrected chi connectivity index (χ1v) is 8.89. The van der Waals surface area contributed by atoms with E-state index in [4.69, 9.17) is 17.3 Å². The van der Waals surface area contributed by atoms with Crippen LogP contribution >= 0.6 is 12.2 Å². The van der Waals surface area contributed by atoms with Gasteiger partial charge in [0.25, 0.3) is 0 Å². The lowest BCUT2D eigenvalue weighted by Gasteiger charge is -2.13. The molecule has 1 unspecified atom stereocenters. The Morgan fingerprint density at radius 3 is 2.65 bits per heavy atom. The molecule has 4 nitrogen and oxygen atoms in total. The molecule has 2 aromatic carbocycles. The minimum Gasteiger partial charge on any atom is -0.315 e. The van der Waals surface area contributed by atoms with Crippen LogP contribution in [0.4, 0.5) is 4.39 Å². The second-order valence-electron chi connectivity index (χ2n) is 6.29. The highest BCUT2D eigenvalue weighted by Crippen LogP contribution is 2.17. The molecule has 6 heteroatoms. The highest BCUT2D eigenvalue weighted by Gasteiger charge is 2.14. The molecule has 0 aliphatic carbocycles. The Labute approximate surface area is 157 Å². The Hall–Kier alpha value is -2.57. The second kappa shape index (κ2) is 8.21. The predicted octanol–water partition coefficient (Wildman–Crippen LogP) is 3.08. The van der Waals surface area contributed by atoms with Gasteiger partial charge in [-0.15, -0.1) is 11.7 Å². The van der Waals surface area contributed by atoms with Crippen molar-refractivity contribution in [3.63, 3.8) is 0 Å². The lowest BCUT2D eigenvalue weighted by atomic mass is 10.2. The van der Waals surface area contributed by atoms with Crippen molar-refractivity contribution in [1.29, 1.82) is 0 Å². The van der Waals surface area contributed by atoms with Gasteiger partial charge in [-0.3, -0.25) is 4.57 Å². The molecule has 0 saturated carbocycles. The van der Waals surface area contributed by atoms with E-state index in [1.165, 1.54) is 6.07 Å². The summed E-state index contributed by atoms with van der Waals surface area (Å²) in [7, 11) is 2.04. The Bertz CT molecular complexity index is 946. The first-order chi connectivity index (χ1) is 12.6. The number of allylic oxidation sites excluding steroid dienone is 1. The van der Waals surface area contributed by atoms with Gasteiger partial charge in [0.15, 0.2) is 12.5 Å². The molecule has 0 amide bonds. The quantitative estimate of drug-likeness (QED) is 0.512. The standard InChI is InChI=1S/C20H21FN4S/c1-3-12-24-19(17-9-5-4-6-10-17)22-25(20(24)26)15-23(2)14-16-8-7-11-18(21)13-16/h3-11,13H,1,12,14-15H2,2H3/p+1. The van der Waals surface area contributed by atoms with Crippen LogP contribution in [-0.4, -0.2) is 21.4 Å². The van der Waals surface area contributed by atoms with Crippen LogP contribution < -0.4 is 4.90 Å².